The molecule has 1 aromatic carbocycles. The average Bonchev–Trinajstić information content (AvgIpc) is 2.34. The second kappa shape index (κ2) is 5.58. The van der Waals surface area contributed by atoms with E-state index in [0.717, 1.165) is 5.56 Å². The number of pyridine rings is 1. The van der Waals surface area contributed by atoms with E-state index in [1.807, 2.05) is 6.07 Å². The molecule has 2 rings (SSSR count). The number of rotatable bonds is 3. The summed E-state index contributed by atoms with van der Waals surface area (Å²) in [5, 5.41) is 0.930. The van der Waals surface area contributed by atoms with Gasteiger partial charge in [0.05, 0.1) is 10.0 Å². The monoisotopic (exact) mass is 287 g/mol. The van der Waals surface area contributed by atoms with E-state index in [-0.39, 0.29) is 0 Å². The van der Waals surface area contributed by atoms with Gasteiger partial charge < -0.3 is 4.74 Å². The molecule has 0 spiro atoms. The van der Waals surface area contributed by atoms with Crippen molar-refractivity contribution in [2.75, 3.05) is 0 Å². The number of aromatic nitrogens is 1. The minimum absolute atomic E-state index is 0.417. The van der Waals surface area contributed by atoms with Gasteiger partial charge in [0.2, 0.25) is 5.88 Å². The molecule has 0 N–H and O–H groups in total. The summed E-state index contributed by atoms with van der Waals surface area (Å²) in [6.45, 7) is 0. The SMILES string of the molecule is ClCc1ccnc(Oc2ccc(Cl)c(Cl)c2)c1. The number of hydrogen-bond acceptors (Lipinski definition) is 2. The van der Waals surface area contributed by atoms with Crippen LogP contribution in [-0.4, -0.2) is 4.98 Å². The summed E-state index contributed by atoms with van der Waals surface area (Å²) < 4.78 is 5.54. The number of halogens is 3. The third kappa shape index (κ3) is 3.25. The van der Waals surface area contributed by atoms with Crippen molar-refractivity contribution in [3.05, 3.63) is 52.1 Å². The number of nitrogens with zero attached hydrogens (tertiary/aromatic N) is 1. The van der Waals surface area contributed by atoms with Crippen molar-refractivity contribution in [1.82, 2.24) is 4.98 Å². The molecule has 0 saturated carbocycles. The molecule has 0 aliphatic rings. The Hall–Kier alpha value is -0.960. The Kier molecular flexibility index (Phi) is 4.11. The van der Waals surface area contributed by atoms with Gasteiger partial charge in [0.1, 0.15) is 5.75 Å². The lowest BCUT2D eigenvalue weighted by atomic mass is 10.3. The molecule has 88 valence electrons. The van der Waals surface area contributed by atoms with Crippen molar-refractivity contribution in [2.45, 2.75) is 5.88 Å². The zero-order valence-corrected chi connectivity index (χ0v) is 10.9. The highest BCUT2D eigenvalue weighted by molar-refractivity contribution is 6.42. The summed E-state index contributed by atoms with van der Waals surface area (Å²) in [6, 6.07) is 8.64. The molecule has 0 amide bonds. The highest BCUT2D eigenvalue weighted by Gasteiger charge is 2.03. The van der Waals surface area contributed by atoms with E-state index in [4.69, 9.17) is 39.5 Å². The fourth-order valence-electron chi connectivity index (χ4n) is 1.25. The van der Waals surface area contributed by atoms with Gasteiger partial charge in [-0.1, -0.05) is 23.2 Å². The molecule has 1 aromatic heterocycles. The topological polar surface area (TPSA) is 22.1 Å². The van der Waals surface area contributed by atoms with Gasteiger partial charge in [-0.25, -0.2) is 4.98 Å². The van der Waals surface area contributed by atoms with Crippen LogP contribution in [0.25, 0.3) is 0 Å². The minimum atomic E-state index is 0.417. The maximum absolute atomic E-state index is 5.89. The quantitative estimate of drug-likeness (QED) is 0.748. The highest BCUT2D eigenvalue weighted by atomic mass is 35.5. The first-order valence-corrected chi connectivity index (χ1v) is 6.12. The van der Waals surface area contributed by atoms with Crippen LogP contribution in [0.15, 0.2) is 36.5 Å². The highest BCUT2D eigenvalue weighted by Crippen LogP contribution is 2.28. The van der Waals surface area contributed by atoms with Gasteiger partial charge in [-0.15, -0.1) is 11.6 Å². The lowest BCUT2D eigenvalue weighted by Gasteiger charge is -2.06. The summed E-state index contributed by atoms with van der Waals surface area (Å²) >= 11 is 17.4. The van der Waals surface area contributed by atoms with Crippen LogP contribution in [0.1, 0.15) is 5.56 Å². The standard InChI is InChI=1S/C12H8Cl3NO/c13-7-8-3-4-16-12(5-8)17-9-1-2-10(14)11(15)6-9/h1-6H,7H2. The van der Waals surface area contributed by atoms with Crippen LogP contribution in [0.3, 0.4) is 0 Å². The Morgan fingerprint density at radius 3 is 2.59 bits per heavy atom. The van der Waals surface area contributed by atoms with Gasteiger partial charge >= 0.3 is 0 Å². The van der Waals surface area contributed by atoms with Crippen LogP contribution in [0.4, 0.5) is 0 Å². The Morgan fingerprint density at radius 2 is 1.88 bits per heavy atom. The molecule has 0 bridgehead atoms. The lowest BCUT2D eigenvalue weighted by Crippen LogP contribution is -1.89. The predicted molar refractivity (Wildman–Crippen MR) is 70.3 cm³/mol. The van der Waals surface area contributed by atoms with Crippen LogP contribution in [0, 0.1) is 0 Å². The summed E-state index contributed by atoms with van der Waals surface area (Å²) in [7, 11) is 0. The van der Waals surface area contributed by atoms with E-state index in [0.29, 0.717) is 27.6 Å². The van der Waals surface area contributed by atoms with Gasteiger partial charge in [-0.3, -0.25) is 0 Å². The molecule has 2 aromatic rings. The van der Waals surface area contributed by atoms with E-state index < -0.39 is 0 Å². The molecule has 0 fully saturated rings. The average molecular weight is 289 g/mol. The normalized spacial score (nSPS) is 10.3. The third-order valence-electron chi connectivity index (χ3n) is 2.07. The van der Waals surface area contributed by atoms with Crippen molar-refractivity contribution in [1.29, 1.82) is 0 Å². The first-order valence-electron chi connectivity index (χ1n) is 4.83. The van der Waals surface area contributed by atoms with Crippen molar-refractivity contribution in [3.8, 4) is 11.6 Å². The molecule has 0 aliphatic heterocycles. The molecule has 0 unspecified atom stereocenters. The smallest absolute Gasteiger partial charge is 0.219 e. The van der Waals surface area contributed by atoms with Crippen molar-refractivity contribution in [2.24, 2.45) is 0 Å². The summed E-state index contributed by atoms with van der Waals surface area (Å²) in [5.41, 5.74) is 0.941. The molecule has 0 radical (unpaired) electrons. The number of alkyl halides is 1. The molecule has 0 aliphatic carbocycles. The van der Waals surface area contributed by atoms with Crippen LogP contribution < -0.4 is 4.74 Å². The van der Waals surface area contributed by atoms with Crippen LogP contribution in [0.2, 0.25) is 10.0 Å². The Bertz CT molecular complexity index is 531. The molecule has 0 atom stereocenters. The van der Waals surface area contributed by atoms with Gasteiger partial charge in [0, 0.05) is 24.2 Å². The zero-order valence-electron chi connectivity index (χ0n) is 8.66. The van der Waals surface area contributed by atoms with Gasteiger partial charge in [-0.05, 0) is 23.8 Å². The first-order chi connectivity index (χ1) is 8.19. The summed E-state index contributed by atoms with van der Waals surface area (Å²) in [5.74, 6) is 1.47. The fraction of sp³-hybridized carbons (Fsp3) is 0.0833. The lowest BCUT2D eigenvalue weighted by molar-refractivity contribution is 0.462. The third-order valence-corrected chi connectivity index (χ3v) is 3.11. The second-order valence-corrected chi connectivity index (χ2v) is 4.40. The van der Waals surface area contributed by atoms with E-state index in [9.17, 15) is 0 Å². The fourth-order valence-corrected chi connectivity index (χ4v) is 1.70. The largest absolute Gasteiger partial charge is 0.439 e. The molecule has 0 saturated heterocycles. The Labute approximate surface area is 114 Å². The van der Waals surface area contributed by atoms with Crippen LogP contribution >= 0.6 is 34.8 Å². The number of benzene rings is 1. The van der Waals surface area contributed by atoms with Crippen LogP contribution in [-0.2, 0) is 5.88 Å². The Morgan fingerprint density at radius 1 is 1.06 bits per heavy atom. The Balaban J connectivity index is 2.22. The number of ether oxygens (including phenoxy) is 1. The van der Waals surface area contributed by atoms with E-state index in [2.05, 4.69) is 4.98 Å². The van der Waals surface area contributed by atoms with Gasteiger partial charge in [0.25, 0.3) is 0 Å². The molecule has 17 heavy (non-hydrogen) atoms. The molecule has 1 heterocycles. The van der Waals surface area contributed by atoms with Crippen LogP contribution in [0.5, 0.6) is 11.6 Å². The summed E-state index contributed by atoms with van der Waals surface area (Å²) in [4.78, 5) is 4.08. The van der Waals surface area contributed by atoms with Crippen molar-refractivity contribution >= 4 is 34.8 Å². The van der Waals surface area contributed by atoms with E-state index in [1.54, 1.807) is 30.5 Å². The van der Waals surface area contributed by atoms with Crippen molar-refractivity contribution in [3.63, 3.8) is 0 Å². The predicted octanol–water partition coefficient (Wildman–Crippen LogP) is 4.92. The summed E-state index contributed by atoms with van der Waals surface area (Å²) in [6.07, 6.45) is 1.64. The van der Waals surface area contributed by atoms with E-state index >= 15 is 0 Å². The molecular weight excluding hydrogens is 280 g/mol. The molecule has 2 nitrogen and oxygen atoms in total. The van der Waals surface area contributed by atoms with Gasteiger partial charge in [0.15, 0.2) is 0 Å². The second-order valence-electron chi connectivity index (χ2n) is 3.31. The molecular formula is C12H8Cl3NO. The maximum Gasteiger partial charge on any atom is 0.219 e. The zero-order chi connectivity index (χ0) is 12.3. The van der Waals surface area contributed by atoms with Crippen molar-refractivity contribution < 1.29 is 4.74 Å². The van der Waals surface area contributed by atoms with E-state index in [1.165, 1.54) is 0 Å². The number of hydrogen-bond donors (Lipinski definition) is 0. The maximum atomic E-state index is 5.89. The molecule has 5 heteroatoms. The minimum Gasteiger partial charge on any atom is -0.439 e. The van der Waals surface area contributed by atoms with Gasteiger partial charge in [-0.2, -0.15) is 0 Å². The first kappa shape index (κ1) is 12.5.